The third-order valence-corrected chi connectivity index (χ3v) is 5.97. The van der Waals surface area contributed by atoms with E-state index in [0.717, 1.165) is 62.5 Å². The largest absolute Gasteiger partial charge is 0.496 e. The Balaban J connectivity index is 1.24. The van der Waals surface area contributed by atoms with Gasteiger partial charge in [-0.15, -0.1) is 0 Å². The number of hydrogen-bond acceptors (Lipinski definition) is 5. The van der Waals surface area contributed by atoms with Crippen LogP contribution in [0.5, 0.6) is 11.5 Å². The fourth-order valence-corrected chi connectivity index (χ4v) is 4.27. The van der Waals surface area contributed by atoms with Crippen LogP contribution in [0.25, 0.3) is 11.0 Å². The third kappa shape index (κ3) is 4.43. The van der Waals surface area contributed by atoms with Crippen LogP contribution >= 0.6 is 0 Å². The van der Waals surface area contributed by atoms with Crippen molar-refractivity contribution in [2.45, 2.75) is 38.5 Å². The van der Waals surface area contributed by atoms with E-state index in [0.29, 0.717) is 17.6 Å². The zero-order chi connectivity index (χ0) is 20.9. The van der Waals surface area contributed by atoms with E-state index in [2.05, 4.69) is 23.0 Å². The summed E-state index contributed by atoms with van der Waals surface area (Å²) in [6.45, 7) is 5.74. The molecular weight excluding hydrogens is 383 g/mol. The summed E-state index contributed by atoms with van der Waals surface area (Å²) in [5.41, 5.74) is 2.50. The lowest BCUT2D eigenvalue weighted by Gasteiger charge is -2.31. The number of ether oxygens (including phenoxy) is 2. The van der Waals surface area contributed by atoms with Crippen LogP contribution in [0.2, 0.25) is 0 Å². The Bertz CT molecular complexity index is 980. The van der Waals surface area contributed by atoms with Gasteiger partial charge in [-0.2, -0.15) is 0 Å². The van der Waals surface area contributed by atoms with E-state index in [1.54, 1.807) is 19.2 Å². The van der Waals surface area contributed by atoms with Crippen LogP contribution in [0.4, 0.5) is 4.39 Å². The zero-order valence-electron chi connectivity index (χ0n) is 17.7. The normalized spacial score (nSPS) is 15.6. The first kappa shape index (κ1) is 20.7. The van der Waals surface area contributed by atoms with Crippen molar-refractivity contribution < 1.29 is 18.4 Å². The first-order chi connectivity index (χ1) is 14.7. The molecule has 0 saturated carbocycles. The number of benzene rings is 2. The average molecular weight is 413 g/mol. The topological polar surface area (TPSA) is 47.7 Å². The highest BCUT2D eigenvalue weighted by molar-refractivity contribution is 5.80. The van der Waals surface area contributed by atoms with Gasteiger partial charge >= 0.3 is 0 Å². The predicted octanol–water partition coefficient (Wildman–Crippen LogP) is 5.19. The van der Waals surface area contributed by atoms with E-state index < -0.39 is 0 Å². The Morgan fingerprint density at radius 1 is 1.20 bits per heavy atom. The summed E-state index contributed by atoms with van der Waals surface area (Å²) in [7, 11) is 1.69. The van der Waals surface area contributed by atoms with E-state index in [-0.39, 0.29) is 11.7 Å². The molecule has 5 nitrogen and oxygen atoms in total. The van der Waals surface area contributed by atoms with Gasteiger partial charge in [-0.3, -0.25) is 0 Å². The van der Waals surface area contributed by atoms with Crippen LogP contribution in [0, 0.1) is 5.82 Å². The summed E-state index contributed by atoms with van der Waals surface area (Å²) in [6, 6.07) is 10.9. The molecule has 0 amide bonds. The van der Waals surface area contributed by atoms with Crippen molar-refractivity contribution in [1.82, 2.24) is 10.1 Å². The molecule has 1 aliphatic heterocycles. The predicted molar refractivity (Wildman–Crippen MR) is 115 cm³/mol. The van der Waals surface area contributed by atoms with Crippen LogP contribution in [-0.4, -0.2) is 43.4 Å². The summed E-state index contributed by atoms with van der Waals surface area (Å²) in [6.07, 6.45) is 3.83. The van der Waals surface area contributed by atoms with Crippen molar-refractivity contribution in [3.8, 4) is 11.5 Å². The fourth-order valence-electron chi connectivity index (χ4n) is 4.27. The lowest BCUT2D eigenvalue weighted by molar-refractivity contribution is 0.190. The van der Waals surface area contributed by atoms with Gasteiger partial charge < -0.3 is 18.9 Å². The zero-order valence-corrected chi connectivity index (χ0v) is 17.7. The highest BCUT2D eigenvalue weighted by Crippen LogP contribution is 2.33. The van der Waals surface area contributed by atoms with Gasteiger partial charge in [0.05, 0.1) is 24.8 Å². The molecule has 2 aromatic carbocycles. The molecule has 30 heavy (non-hydrogen) atoms. The molecule has 1 fully saturated rings. The first-order valence-corrected chi connectivity index (χ1v) is 10.8. The molecule has 0 N–H and O–H groups in total. The van der Waals surface area contributed by atoms with Crippen LogP contribution < -0.4 is 9.47 Å². The lowest BCUT2D eigenvalue weighted by Crippen LogP contribution is -2.34. The van der Waals surface area contributed by atoms with Crippen molar-refractivity contribution in [3.05, 3.63) is 53.5 Å². The van der Waals surface area contributed by atoms with Crippen molar-refractivity contribution in [3.63, 3.8) is 0 Å². The lowest BCUT2D eigenvalue weighted by atomic mass is 9.91. The van der Waals surface area contributed by atoms with Gasteiger partial charge in [-0.25, -0.2) is 4.39 Å². The minimum absolute atomic E-state index is 0.244. The Morgan fingerprint density at radius 3 is 2.80 bits per heavy atom. The van der Waals surface area contributed by atoms with Gasteiger partial charge in [0.1, 0.15) is 17.3 Å². The summed E-state index contributed by atoms with van der Waals surface area (Å²) in [4.78, 5) is 2.44. The van der Waals surface area contributed by atoms with Crippen LogP contribution in [-0.2, 0) is 6.42 Å². The van der Waals surface area contributed by atoms with Gasteiger partial charge in [-0.1, -0.05) is 24.2 Å². The smallest absolute Gasteiger partial charge is 0.170 e. The number of methoxy groups -OCH3 is 1. The molecule has 2 heterocycles. The number of nitrogens with zero attached hydrogens (tertiary/aromatic N) is 2. The number of hydrogen-bond donors (Lipinski definition) is 0. The molecule has 4 rings (SSSR count). The Labute approximate surface area is 176 Å². The number of likely N-dealkylation sites (tertiary alicyclic amines) is 1. The summed E-state index contributed by atoms with van der Waals surface area (Å²) in [5.74, 6) is 1.74. The Hall–Kier alpha value is -2.60. The molecule has 1 saturated heterocycles. The summed E-state index contributed by atoms with van der Waals surface area (Å²) in [5, 5.41) is 4.73. The second kappa shape index (κ2) is 9.47. The molecule has 6 heteroatoms. The van der Waals surface area contributed by atoms with E-state index in [9.17, 15) is 4.39 Å². The van der Waals surface area contributed by atoms with Gasteiger partial charge in [0, 0.05) is 18.5 Å². The third-order valence-electron chi connectivity index (χ3n) is 5.97. The van der Waals surface area contributed by atoms with E-state index >= 15 is 0 Å². The van der Waals surface area contributed by atoms with Gasteiger partial charge in [-0.05, 0) is 62.5 Å². The summed E-state index contributed by atoms with van der Waals surface area (Å²) < 4.78 is 30.9. The highest BCUT2D eigenvalue weighted by atomic mass is 19.1. The average Bonchev–Trinajstić information content (AvgIpc) is 3.22. The highest BCUT2D eigenvalue weighted by Gasteiger charge is 2.26. The molecule has 0 unspecified atom stereocenters. The van der Waals surface area contributed by atoms with Crippen molar-refractivity contribution in [2.24, 2.45) is 0 Å². The van der Waals surface area contributed by atoms with Crippen LogP contribution in [0.3, 0.4) is 0 Å². The molecule has 160 valence electrons. The molecule has 0 aliphatic carbocycles. The number of fused-ring (bicyclic) bond motifs is 1. The Kier molecular flexibility index (Phi) is 6.53. The second-order valence-corrected chi connectivity index (χ2v) is 7.83. The number of halogens is 1. The molecule has 0 bridgehead atoms. The molecule has 0 spiro atoms. The molecule has 1 aromatic heterocycles. The van der Waals surface area contributed by atoms with E-state index in [1.807, 2.05) is 12.1 Å². The Morgan fingerprint density at radius 2 is 2.03 bits per heavy atom. The van der Waals surface area contributed by atoms with Gasteiger partial charge in [0.15, 0.2) is 5.58 Å². The van der Waals surface area contributed by atoms with Gasteiger partial charge in [0.2, 0.25) is 0 Å². The maximum Gasteiger partial charge on any atom is 0.170 e. The molecule has 3 aromatic rings. The molecule has 0 radical (unpaired) electrons. The van der Waals surface area contributed by atoms with Crippen molar-refractivity contribution in [1.29, 1.82) is 0 Å². The quantitative estimate of drug-likeness (QED) is 0.477. The van der Waals surface area contributed by atoms with E-state index in [4.69, 9.17) is 14.0 Å². The van der Waals surface area contributed by atoms with Crippen LogP contribution in [0.1, 0.15) is 43.4 Å². The van der Waals surface area contributed by atoms with Crippen molar-refractivity contribution >= 4 is 11.0 Å². The molecule has 0 atom stereocenters. The minimum atomic E-state index is -0.244. The number of rotatable bonds is 8. The van der Waals surface area contributed by atoms with E-state index in [1.165, 1.54) is 11.6 Å². The van der Waals surface area contributed by atoms with Crippen molar-refractivity contribution in [2.75, 3.05) is 33.4 Å². The summed E-state index contributed by atoms with van der Waals surface area (Å²) >= 11 is 0. The number of aryl methyl sites for hydroxylation is 1. The monoisotopic (exact) mass is 412 g/mol. The maximum absolute atomic E-state index is 14.2. The minimum Gasteiger partial charge on any atom is -0.496 e. The molecular formula is C24H29FN2O3. The SMILES string of the molecule is CCc1ccc(OCCCN2CCC(c3noc4cccc(F)c34)CC2)cc1OC. The van der Waals surface area contributed by atoms with Gasteiger partial charge in [0.25, 0.3) is 0 Å². The fraction of sp³-hybridized carbons (Fsp3) is 0.458. The number of piperidine rings is 1. The standard InChI is InChI=1S/C24H29FN2O3/c1-3-17-8-9-19(16-22(17)28-2)29-15-5-12-27-13-10-18(11-14-27)24-23-20(25)6-4-7-21(23)30-26-24/h4,6-9,16,18H,3,5,10-15H2,1-2H3. The second-order valence-electron chi connectivity index (χ2n) is 7.83. The first-order valence-electron chi connectivity index (χ1n) is 10.8. The van der Waals surface area contributed by atoms with Crippen LogP contribution in [0.15, 0.2) is 40.9 Å². The molecule has 1 aliphatic rings. The maximum atomic E-state index is 14.2. The number of aromatic nitrogens is 1.